The van der Waals surface area contributed by atoms with Crippen molar-refractivity contribution in [1.82, 2.24) is 35.3 Å². The Morgan fingerprint density at radius 1 is 1.06 bits per heavy atom. The van der Waals surface area contributed by atoms with Gasteiger partial charge < -0.3 is 24.4 Å². The Bertz CT molecular complexity index is 757. The molecule has 1 fully saturated rings. The average molecular weight is 482 g/mol. The van der Waals surface area contributed by atoms with Gasteiger partial charge in [-0.05, 0) is 51.0 Å². The van der Waals surface area contributed by atoms with Gasteiger partial charge in [0, 0.05) is 73.2 Å². The molecular weight excluding hydrogens is 438 g/mol. The van der Waals surface area contributed by atoms with Gasteiger partial charge in [0.1, 0.15) is 5.60 Å². The fraction of sp³-hybridized carbons (Fsp3) is 0.826. The molecule has 0 radical (unpaired) electrons. The second kappa shape index (κ2) is 13.7. The number of hydrogen-bond donors (Lipinski definition) is 1. The Morgan fingerprint density at radius 3 is 2.41 bits per heavy atom. The van der Waals surface area contributed by atoms with Crippen LogP contribution >= 0.6 is 0 Å². The first-order chi connectivity index (χ1) is 16.2. The van der Waals surface area contributed by atoms with Gasteiger partial charge in [-0.1, -0.05) is 12.2 Å². The van der Waals surface area contributed by atoms with Crippen molar-refractivity contribution < 1.29 is 19.0 Å². The largest absolute Gasteiger partial charge is 0.444 e. The van der Waals surface area contributed by atoms with E-state index in [4.69, 9.17) is 14.2 Å². The van der Waals surface area contributed by atoms with E-state index >= 15 is 0 Å². The van der Waals surface area contributed by atoms with Gasteiger partial charge >= 0.3 is 6.09 Å². The summed E-state index contributed by atoms with van der Waals surface area (Å²) in [5.41, 5.74) is -0.969. The van der Waals surface area contributed by atoms with Crippen molar-refractivity contribution in [2.75, 3.05) is 66.7 Å². The third-order valence-corrected chi connectivity index (χ3v) is 5.57. The number of amides is 1. The molecule has 34 heavy (non-hydrogen) atoms. The highest BCUT2D eigenvalue weighted by Crippen LogP contribution is 2.21. The molecule has 0 bridgehead atoms. The molecule has 1 aromatic heterocycles. The van der Waals surface area contributed by atoms with Crippen LogP contribution in [0.25, 0.3) is 0 Å². The molecule has 0 aromatic carbocycles. The minimum atomic E-state index is -0.493. The molecule has 1 N–H and O–H groups in total. The van der Waals surface area contributed by atoms with Crippen molar-refractivity contribution in [2.45, 2.75) is 58.2 Å². The minimum absolute atomic E-state index is 0.253. The molecule has 1 aromatic rings. The summed E-state index contributed by atoms with van der Waals surface area (Å²) in [6, 6.07) is 0. The van der Waals surface area contributed by atoms with Crippen molar-refractivity contribution in [3.63, 3.8) is 0 Å². The Morgan fingerprint density at radius 2 is 1.76 bits per heavy atom. The number of carbonyl (C=O) groups is 1. The molecule has 1 aliphatic rings. The van der Waals surface area contributed by atoms with Crippen molar-refractivity contribution in [3.05, 3.63) is 18.0 Å². The Kier molecular flexibility index (Phi) is 11.4. The molecule has 11 nitrogen and oxygen atoms in total. The van der Waals surface area contributed by atoms with E-state index in [0.29, 0.717) is 45.9 Å². The van der Waals surface area contributed by atoms with Crippen molar-refractivity contribution in [3.8, 4) is 0 Å². The van der Waals surface area contributed by atoms with Gasteiger partial charge in [0.2, 0.25) is 0 Å². The molecule has 1 aliphatic heterocycles. The first-order valence-electron chi connectivity index (χ1n) is 12.0. The van der Waals surface area contributed by atoms with E-state index in [1.54, 1.807) is 19.1 Å². The Balaban J connectivity index is 2.05. The highest BCUT2D eigenvalue weighted by atomic mass is 16.6. The van der Waals surface area contributed by atoms with Gasteiger partial charge in [-0.15, -0.1) is 5.10 Å². The topological polar surface area (TPSA) is 107 Å². The summed E-state index contributed by atoms with van der Waals surface area (Å²) in [6.07, 6.45) is 5.66. The fourth-order valence-corrected chi connectivity index (χ4v) is 3.85. The number of methoxy groups -OCH3 is 2. The number of aromatic nitrogens is 4. The van der Waals surface area contributed by atoms with Gasteiger partial charge in [0.15, 0.2) is 5.82 Å². The number of nitrogens with one attached hydrogen (secondary N) is 1. The maximum Gasteiger partial charge on any atom is 0.410 e. The van der Waals surface area contributed by atoms with Crippen LogP contribution in [-0.4, -0.2) is 108 Å². The monoisotopic (exact) mass is 481 g/mol. The first kappa shape index (κ1) is 28.2. The van der Waals surface area contributed by atoms with E-state index in [-0.39, 0.29) is 6.09 Å². The van der Waals surface area contributed by atoms with Crippen LogP contribution < -0.4 is 5.32 Å². The second-order valence-electron chi connectivity index (χ2n) is 9.78. The predicted octanol–water partition coefficient (Wildman–Crippen LogP) is 1.66. The number of carbonyl (C=O) groups excluding carboxylic acids is 1. The van der Waals surface area contributed by atoms with Gasteiger partial charge in [-0.2, -0.15) is 0 Å². The molecule has 0 aliphatic carbocycles. The summed E-state index contributed by atoms with van der Waals surface area (Å²) in [6.45, 7) is 14.0. The van der Waals surface area contributed by atoms with Crippen LogP contribution in [0.4, 0.5) is 4.79 Å². The van der Waals surface area contributed by atoms with Crippen LogP contribution in [0.2, 0.25) is 0 Å². The Hall–Kier alpha value is -2.08. The lowest BCUT2D eigenvalue weighted by Gasteiger charge is -2.40. The predicted molar refractivity (Wildman–Crippen MR) is 130 cm³/mol. The highest BCUT2D eigenvalue weighted by molar-refractivity contribution is 5.68. The maximum absolute atomic E-state index is 12.4. The van der Waals surface area contributed by atoms with Crippen molar-refractivity contribution in [1.29, 1.82) is 0 Å². The molecule has 1 atom stereocenters. The quantitative estimate of drug-likeness (QED) is 0.332. The Labute approximate surface area is 203 Å². The molecule has 11 heteroatoms. The molecule has 2 heterocycles. The average Bonchev–Trinajstić information content (AvgIpc) is 3.25. The van der Waals surface area contributed by atoms with E-state index < -0.39 is 11.1 Å². The molecule has 194 valence electrons. The number of piperazine rings is 1. The smallest absolute Gasteiger partial charge is 0.410 e. The fourth-order valence-electron chi connectivity index (χ4n) is 3.85. The van der Waals surface area contributed by atoms with Crippen LogP contribution in [0.3, 0.4) is 0 Å². The van der Waals surface area contributed by atoms with Crippen LogP contribution in [0, 0.1) is 0 Å². The van der Waals surface area contributed by atoms with Gasteiger partial charge in [-0.25, -0.2) is 9.48 Å². The van der Waals surface area contributed by atoms with E-state index in [1.165, 1.54) is 0 Å². The van der Waals surface area contributed by atoms with Crippen LogP contribution in [-0.2, 0) is 26.3 Å². The van der Waals surface area contributed by atoms with E-state index in [1.807, 2.05) is 25.5 Å². The zero-order valence-electron chi connectivity index (χ0n) is 21.7. The summed E-state index contributed by atoms with van der Waals surface area (Å²) >= 11 is 0. The molecule has 0 spiro atoms. The van der Waals surface area contributed by atoms with E-state index in [2.05, 4.69) is 44.8 Å². The maximum atomic E-state index is 12.4. The second-order valence-corrected chi connectivity index (χ2v) is 9.78. The number of ether oxygens (including phenoxy) is 3. The lowest BCUT2D eigenvalue weighted by molar-refractivity contribution is 0.0120. The molecule has 1 amide bonds. The molecule has 1 saturated heterocycles. The summed E-state index contributed by atoms with van der Waals surface area (Å²) < 4.78 is 17.7. The summed E-state index contributed by atoms with van der Waals surface area (Å²) in [5, 5.41) is 16.2. The number of nitrogens with zero attached hydrogens (tertiary/aromatic N) is 6. The zero-order chi connectivity index (χ0) is 25.0. The third-order valence-electron chi connectivity index (χ3n) is 5.57. The number of tetrazole rings is 1. The molecule has 1 unspecified atom stereocenters. The standard InChI is InChI=1S/C23H43N7O4/c1-22(2,3)34-21(31)29-15-13-28(14-16-29)19-23(4,24-11-8-7-9-17-32-5)20-25-26-27-30(20)12-10-18-33-6/h7-8,24H,9-19H2,1-6H3/b8-7-. The highest BCUT2D eigenvalue weighted by Gasteiger charge is 2.36. The summed E-state index contributed by atoms with van der Waals surface area (Å²) in [7, 11) is 3.40. The van der Waals surface area contributed by atoms with Crippen LogP contribution in [0.5, 0.6) is 0 Å². The molecular formula is C23H43N7O4. The molecule has 0 saturated carbocycles. The van der Waals surface area contributed by atoms with E-state index in [0.717, 1.165) is 31.8 Å². The normalized spacial score (nSPS) is 17.3. The summed E-state index contributed by atoms with van der Waals surface area (Å²) in [4.78, 5) is 16.5. The van der Waals surface area contributed by atoms with Crippen LogP contribution in [0.15, 0.2) is 12.2 Å². The van der Waals surface area contributed by atoms with Gasteiger partial charge in [-0.3, -0.25) is 4.90 Å². The van der Waals surface area contributed by atoms with Crippen molar-refractivity contribution in [2.24, 2.45) is 0 Å². The third kappa shape index (κ3) is 9.28. The SMILES string of the molecule is COCC/C=C\CNC(C)(CN1CCN(C(=O)OC(C)(C)C)CC1)c1nnnn1CCCOC. The van der Waals surface area contributed by atoms with E-state index in [9.17, 15) is 4.79 Å². The number of rotatable bonds is 13. The van der Waals surface area contributed by atoms with Crippen LogP contribution in [0.1, 0.15) is 46.4 Å². The lowest BCUT2D eigenvalue weighted by atomic mass is 9.99. The lowest BCUT2D eigenvalue weighted by Crippen LogP contribution is -2.56. The first-order valence-corrected chi connectivity index (χ1v) is 12.0. The van der Waals surface area contributed by atoms with Gasteiger partial charge in [0.05, 0.1) is 5.54 Å². The summed E-state index contributed by atoms with van der Waals surface area (Å²) in [5.74, 6) is 0.795. The minimum Gasteiger partial charge on any atom is -0.444 e. The molecule has 2 rings (SSSR count). The van der Waals surface area contributed by atoms with Crippen molar-refractivity contribution >= 4 is 6.09 Å². The number of aryl methyl sites for hydroxylation is 1. The zero-order valence-corrected chi connectivity index (χ0v) is 21.7. The number of hydrogen-bond acceptors (Lipinski definition) is 9. The van der Waals surface area contributed by atoms with Gasteiger partial charge in [0.25, 0.3) is 0 Å².